The monoisotopic (exact) mass is 285 g/mol. The number of benzene rings is 1. The van der Waals surface area contributed by atoms with Gasteiger partial charge in [0.15, 0.2) is 6.04 Å². The number of nitrogens with zero attached hydrogens (tertiary/aromatic N) is 2. The van der Waals surface area contributed by atoms with Gasteiger partial charge in [0.25, 0.3) is 11.4 Å². The summed E-state index contributed by atoms with van der Waals surface area (Å²) < 4.78 is 0. The van der Waals surface area contributed by atoms with Gasteiger partial charge in [-0.05, 0) is 13.0 Å². The summed E-state index contributed by atoms with van der Waals surface area (Å²) in [6.45, 7) is 1.20. The molecule has 0 saturated heterocycles. The minimum absolute atomic E-state index is 0.228. The molecule has 1 aromatic rings. The summed E-state index contributed by atoms with van der Waals surface area (Å²) in [5, 5.41) is 41.9. The summed E-state index contributed by atoms with van der Waals surface area (Å²) in [4.78, 5) is 30.6. The quantitative estimate of drug-likeness (QED) is 0.510. The average Bonchev–Trinajstić information content (AvgIpc) is 2.34. The lowest BCUT2D eigenvalue weighted by atomic mass is 10.1. The third kappa shape index (κ3) is 3.38. The SMILES string of the molecule is C[C@H](O)[C@@H](Nc1ccc([N+](=O)[O-])cc1[N+](=O)[O-])C(=O)O. The number of nitrogens with one attached hydrogen (secondary N) is 1. The minimum atomic E-state index is -1.48. The fourth-order valence-electron chi connectivity index (χ4n) is 1.46. The Labute approximate surface area is 111 Å². The lowest BCUT2D eigenvalue weighted by molar-refractivity contribution is -0.393. The van der Waals surface area contributed by atoms with Crippen LogP contribution in [-0.4, -0.2) is 38.2 Å². The molecule has 0 aliphatic heterocycles. The number of rotatable bonds is 6. The number of hydrogen-bond donors (Lipinski definition) is 3. The van der Waals surface area contributed by atoms with E-state index in [1.807, 2.05) is 0 Å². The van der Waals surface area contributed by atoms with Crippen molar-refractivity contribution in [3.05, 3.63) is 38.4 Å². The van der Waals surface area contributed by atoms with Crippen LogP contribution in [0.25, 0.3) is 0 Å². The summed E-state index contributed by atoms with van der Waals surface area (Å²) >= 11 is 0. The Bertz CT molecular complexity index is 558. The van der Waals surface area contributed by atoms with Crippen molar-refractivity contribution in [3.63, 3.8) is 0 Å². The molecular weight excluding hydrogens is 274 g/mol. The molecule has 0 amide bonds. The highest BCUT2D eigenvalue weighted by atomic mass is 16.6. The number of non-ortho nitro benzene ring substituents is 1. The number of carboxylic acids is 1. The number of nitro groups is 2. The van der Waals surface area contributed by atoms with Crippen molar-refractivity contribution in [2.24, 2.45) is 0 Å². The van der Waals surface area contributed by atoms with E-state index in [4.69, 9.17) is 5.11 Å². The second kappa shape index (κ2) is 5.93. The number of nitro benzene ring substituents is 2. The van der Waals surface area contributed by atoms with Gasteiger partial charge in [0.2, 0.25) is 0 Å². The zero-order chi connectivity index (χ0) is 15.4. The number of anilines is 1. The van der Waals surface area contributed by atoms with Crippen LogP contribution in [-0.2, 0) is 4.79 Å². The Morgan fingerprint density at radius 3 is 2.30 bits per heavy atom. The van der Waals surface area contributed by atoms with Gasteiger partial charge in [-0.1, -0.05) is 0 Å². The number of aliphatic hydroxyl groups is 1. The first-order valence-corrected chi connectivity index (χ1v) is 5.34. The highest BCUT2D eigenvalue weighted by Crippen LogP contribution is 2.29. The zero-order valence-electron chi connectivity index (χ0n) is 10.2. The third-order valence-electron chi connectivity index (χ3n) is 2.45. The van der Waals surface area contributed by atoms with Gasteiger partial charge in [0, 0.05) is 6.07 Å². The lowest BCUT2D eigenvalue weighted by Gasteiger charge is -2.17. The van der Waals surface area contributed by atoms with Gasteiger partial charge in [0.05, 0.1) is 22.0 Å². The number of hydrogen-bond acceptors (Lipinski definition) is 7. The minimum Gasteiger partial charge on any atom is -0.480 e. The molecule has 2 atom stereocenters. The molecule has 0 aliphatic rings. The lowest BCUT2D eigenvalue weighted by Crippen LogP contribution is -2.39. The van der Waals surface area contributed by atoms with E-state index in [2.05, 4.69) is 5.32 Å². The van der Waals surface area contributed by atoms with Crippen molar-refractivity contribution in [1.29, 1.82) is 0 Å². The van der Waals surface area contributed by atoms with Crippen LogP contribution in [0.3, 0.4) is 0 Å². The Balaban J connectivity index is 3.20. The molecule has 0 radical (unpaired) electrons. The van der Waals surface area contributed by atoms with E-state index in [-0.39, 0.29) is 5.69 Å². The largest absolute Gasteiger partial charge is 0.480 e. The average molecular weight is 285 g/mol. The third-order valence-corrected chi connectivity index (χ3v) is 2.45. The second-order valence-corrected chi connectivity index (χ2v) is 3.92. The number of carbonyl (C=O) groups is 1. The molecule has 0 bridgehead atoms. The molecule has 0 spiro atoms. The molecule has 1 rings (SSSR count). The van der Waals surface area contributed by atoms with Crippen LogP contribution < -0.4 is 5.32 Å². The molecule has 10 nitrogen and oxygen atoms in total. The van der Waals surface area contributed by atoms with Gasteiger partial charge < -0.3 is 15.5 Å². The van der Waals surface area contributed by atoms with Crippen LogP contribution in [0.5, 0.6) is 0 Å². The first-order valence-electron chi connectivity index (χ1n) is 5.34. The standard InChI is InChI=1S/C10H11N3O7/c1-5(14)9(10(15)16)11-7-3-2-6(12(17)18)4-8(7)13(19)20/h2-5,9,11,14H,1H3,(H,15,16)/t5-,9+/m0/s1. The molecule has 0 saturated carbocycles. The van der Waals surface area contributed by atoms with Gasteiger partial charge in [-0.2, -0.15) is 0 Å². The van der Waals surface area contributed by atoms with Gasteiger partial charge in [0.1, 0.15) is 5.69 Å². The normalized spacial score (nSPS) is 13.3. The van der Waals surface area contributed by atoms with Crippen molar-refractivity contribution in [1.82, 2.24) is 0 Å². The van der Waals surface area contributed by atoms with E-state index in [1.165, 1.54) is 6.92 Å². The number of aliphatic hydroxyl groups excluding tert-OH is 1. The van der Waals surface area contributed by atoms with Gasteiger partial charge >= 0.3 is 5.97 Å². The maximum absolute atomic E-state index is 10.9. The predicted octanol–water partition coefficient (Wildman–Crippen LogP) is 0.749. The second-order valence-electron chi connectivity index (χ2n) is 3.92. The van der Waals surface area contributed by atoms with Gasteiger partial charge in [-0.25, -0.2) is 4.79 Å². The first-order chi connectivity index (χ1) is 9.23. The topological polar surface area (TPSA) is 156 Å². The Kier molecular flexibility index (Phi) is 4.54. The first kappa shape index (κ1) is 15.3. The molecule has 0 aromatic heterocycles. The molecule has 0 unspecified atom stereocenters. The van der Waals surface area contributed by atoms with E-state index in [0.29, 0.717) is 6.07 Å². The van der Waals surface area contributed by atoms with Crippen LogP contribution in [0.2, 0.25) is 0 Å². The van der Waals surface area contributed by atoms with Gasteiger partial charge in [-0.3, -0.25) is 20.2 Å². The van der Waals surface area contributed by atoms with Crippen LogP contribution in [0.4, 0.5) is 17.1 Å². The maximum atomic E-state index is 10.9. The van der Waals surface area contributed by atoms with E-state index in [9.17, 15) is 30.1 Å². The predicted molar refractivity (Wildman–Crippen MR) is 66.5 cm³/mol. The van der Waals surface area contributed by atoms with Crippen LogP contribution in [0, 0.1) is 20.2 Å². The summed E-state index contributed by atoms with van der Waals surface area (Å²) in [6, 6.07) is 1.25. The van der Waals surface area contributed by atoms with Crippen molar-refractivity contribution in [2.45, 2.75) is 19.1 Å². The molecule has 0 fully saturated rings. The fourth-order valence-corrected chi connectivity index (χ4v) is 1.46. The Hall–Kier alpha value is -2.75. The van der Waals surface area contributed by atoms with Crippen molar-refractivity contribution < 1.29 is 24.9 Å². The van der Waals surface area contributed by atoms with Crippen molar-refractivity contribution >= 4 is 23.0 Å². The molecule has 1 aromatic carbocycles. The van der Waals surface area contributed by atoms with E-state index < -0.39 is 39.3 Å². The maximum Gasteiger partial charge on any atom is 0.328 e. The van der Waals surface area contributed by atoms with Crippen molar-refractivity contribution in [3.8, 4) is 0 Å². The molecule has 20 heavy (non-hydrogen) atoms. The molecule has 10 heteroatoms. The number of aliphatic carboxylic acids is 1. The smallest absolute Gasteiger partial charge is 0.328 e. The fraction of sp³-hybridized carbons (Fsp3) is 0.300. The van der Waals surface area contributed by atoms with Gasteiger partial charge in [-0.15, -0.1) is 0 Å². The van der Waals surface area contributed by atoms with Crippen molar-refractivity contribution in [2.75, 3.05) is 5.32 Å². The van der Waals surface area contributed by atoms with E-state index >= 15 is 0 Å². The molecule has 0 aliphatic carbocycles. The Morgan fingerprint density at radius 2 is 1.90 bits per heavy atom. The molecule has 0 heterocycles. The summed E-state index contributed by atoms with van der Waals surface area (Å²) in [6.07, 6.45) is -1.32. The van der Waals surface area contributed by atoms with Crippen LogP contribution >= 0.6 is 0 Å². The zero-order valence-corrected chi connectivity index (χ0v) is 10.2. The highest BCUT2D eigenvalue weighted by Gasteiger charge is 2.27. The summed E-state index contributed by atoms with van der Waals surface area (Å²) in [7, 11) is 0. The summed E-state index contributed by atoms with van der Waals surface area (Å²) in [5.74, 6) is -1.41. The van der Waals surface area contributed by atoms with E-state index in [1.54, 1.807) is 0 Å². The van der Waals surface area contributed by atoms with E-state index in [0.717, 1.165) is 12.1 Å². The summed E-state index contributed by atoms with van der Waals surface area (Å²) in [5.41, 5.74) is -1.37. The highest BCUT2D eigenvalue weighted by molar-refractivity contribution is 5.80. The molecular formula is C10H11N3O7. The number of carboxylic acid groups (broad SMARTS) is 1. The van der Waals surface area contributed by atoms with Crippen LogP contribution in [0.15, 0.2) is 18.2 Å². The van der Waals surface area contributed by atoms with Crippen LogP contribution in [0.1, 0.15) is 6.92 Å². The Morgan fingerprint density at radius 1 is 1.30 bits per heavy atom. The molecule has 108 valence electrons. The molecule has 3 N–H and O–H groups in total.